The third-order valence-electron chi connectivity index (χ3n) is 1.88. The van der Waals surface area contributed by atoms with E-state index in [4.69, 9.17) is 10.8 Å². The van der Waals surface area contributed by atoms with Crippen LogP contribution in [0.15, 0.2) is 18.2 Å². The molecule has 0 aliphatic heterocycles. The lowest BCUT2D eigenvalue weighted by molar-refractivity contribution is 0.0952. The molecule has 1 rings (SSSR count). The Morgan fingerprint density at radius 3 is 2.69 bits per heavy atom. The van der Waals surface area contributed by atoms with Gasteiger partial charge < -0.3 is 21.3 Å². The summed E-state index contributed by atoms with van der Waals surface area (Å²) in [6.45, 7) is 0.314. The molecule has 0 aliphatic rings. The highest BCUT2D eigenvalue weighted by molar-refractivity contribution is 7.80. The lowest BCUT2D eigenvalue weighted by Gasteiger charge is -2.06. The molecule has 0 aromatic heterocycles. The first-order chi connectivity index (χ1) is 7.50. The predicted molar refractivity (Wildman–Crippen MR) is 63.5 cm³/mol. The maximum Gasteiger partial charge on any atom is 0.255 e. The molecule has 1 aromatic carbocycles. The number of hydrogen-bond donors (Lipinski definition) is 4. The van der Waals surface area contributed by atoms with Gasteiger partial charge >= 0.3 is 0 Å². The van der Waals surface area contributed by atoms with Gasteiger partial charge in [-0.3, -0.25) is 4.79 Å². The van der Waals surface area contributed by atoms with E-state index in [1.807, 2.05) is 0 Å². The van der Waals surface area contributed by atoms with Crippen LogP contribution in [0, 0.1) is 0 Å². The quantitative estimate of drug-likeness (QED) is 0.575. The maximum atomic E-state index is 11.5. The molecule has 1 amide bonds. The van der Waals surface area contributed by atoms with Crippen molar-refractivity contribution in [1.82, 2.24) is 5.32 Å². The number of thiocarbonyl (C=S) groups is 1. The second kappa shape index (κ2) is 5.32. The van der Waals surface area contributed by atoms with Crippen molar-refractivity contribution in [3.8, 4) is 11.5 Å². The number of rotatable bonds is 4. The van der Waals surface area contributed by atoms with E-state index in [1.165, 1.54) is 12.1 Å². The average Bonchev–Trinajstić information content (AvgIpc) is 2.16. The molecule has 86 valence electrons. The van der Waals surface area contributed by atoms with Gasteiger partial charge in [0.25, 0.3) is 5.91 Å². The number of hydrogen-bond acceptors (Lipinski definition) is 4. The molecule has 5 N–H and O–H groups in total. The number of carbonyl (C=O) groups is 1. The zero-order valence-corrected chi connectivity index (χ0v) is 9.25. The Kier molecular flexibility index (Phi) is 4.07. The van der Waals surface area contributed by atoms with Crippen LogP contribution in [-0.2, 0) is 0 Å². The Hall–Kier alpha value is -1.82. The molecule has 0 atom stereocenters. The van der Waals surface area contributed by atoms with Crippen LogP contribution in [0.1, 0.15) is 16.8 Å². The van der Waals surface area contributed by atoms with Crippen LogP contribution in [0.5, 0.6) is 11.5 Å². The van der Waals surface area contributed by atoms with E-state index < -0.39 is 5.91 Å². The van der Waals surface area contributed by atoms with E-state index in [1.54, 1.807) is 0 Å². The predicted octanol–water partition coefficient (Wildman–Crippen LogP) is 0.504. The summed E-state index contributed by atoms with van der Waals surface area (Å²) in [5, 5.41) is 21.0. The van der Waals surface area contributed by atoms with Crippen LogP contribution >= 0.6 is 12.2 Å². The minimum absolute atomic E-state index is 0.0979. The second-order valence-electron chi connectivity index (χ2n) is 3.17. The standard InChI is InChI=1S/C10H12N2O3S/c11-9(16)3-4-12-10(15)7-2-1-6(13)5-8(7)14/h1-2,5,13-14H,3-4H2,(H2,11,16)(H,12,15). The Morgan fingerprint density at radius 2 is 2.12 bits per heavy atom. The smallest absolute Gasteiger partial charge is 0.255 e. The van der Waals surface area contributed by atoms with Gasteiger partial charge in [0.1, 0.15) is 11.5 Å². The fourth-order valence-corrected chi connectivity index (χ4v) is 1.21. The monoisotopic (exact) mass is 240 g/mol. The van der Waals surface area contributed by atoms with Crippen LogP contribution < -0.4 is 11.1 Å². The van der Waals surface area contributed by atoms with Crippen molar-refractivity contribution in [1.29, 1.82) is 0 Å². The molecule has 0 fully saturated rings. The number of benzene rings is 1. The SMILES string of the molecule is NC(=S)CCNC(=O)c1ccc(O)cc1O. The molecule has 0 aliphatic carbocycles. The summed E-state index contributed by atoms with van der Waals surface area (Å²) in [6, 6.07) is 3.76. The largest absolute Gasteiger partial charge is 0.508 e. The summed E-state index contributed by atoms with van der Waals surface area (Å²) in [5.41, 5.74) is 5.36. The van der Waals surface area contributed by atoms with E-state index >= 15 is 0 Å². The minimum Gasteiger partial charge on any atom is -0.508 e. The highest BCUT2D eigenvalue weighted by atomic mass is 32.1. The van der Waals surface area contributed by atoms with E-state index in [9.17, 15) is 9.90 Å². The molecular weight excluding hydrogens is 228 g/mol. The van der Waals surface area contributed by atoms with Gasteiger partial charge in [-0.15, -0.1) is 0 Å². The van der Waals surface area contributed by atoms with Crippen LogP contribution in [0.3, 0.4) is 0 Å². The van der Waals surface area contributed by atoms with E-state index in [0.717, 1.165) is 6.07 Å². The molecular formula is C10H12N2O3S. The molecule has 0 unspecified atom stereocenters. The third kappa shape index (κ3) is 3.39. The van der Waals surface area contributed by atoms with Crippen molar-refractivity contribution in [2.45, 2.75) is 6.42 Å². The van der Waals surface area contributed by atoms with Gasteiger partial charge in [0.2, 0.25) is 0 Å². The highest BCUT2D eigenvalue weighted by Gasteiger charge is 2.10. The molecule has 16 heavy (non-hydrogen) atoms. The van der Waals surface area contributed by atoms with Gasteiger partial charge in [0, 0.05) is 19.0 Å². The fourth-order valence-electron chi connectivity index (χ4n) is 1.11. The summed E-state index contributed by atoms with van der Waals surface area (Å²) in [7, 11) is 0. The number of amides is 1. The minimum atomic E-state index is -0.436. The number of aromatic hydroxyl groups is 2. The zero-order chi connectivity index (χ0) is 12.1. The molecule has 6 heteroatoms. The first-order valence-electron chi connectivity index (χ1n) is 4.59. The van der Waals surface area contributed by atoms with Crippen molar-refractivity contribution in [2.24, 2.45) is 5.73 Å². The van der Waals surface area contributed by atoms with Gasteiger partial charge in [-0.2, -0.15) is 0 Å². The molecule has 0 saturated carbocycles. The molecule has 0 saturated heterocycles. The molecule has 0 bridgehead atoms. The normalized spacial score (nSPS) is 9.75. The van der Waals surface area contributed by atoms with Crippen LogP contribution in [0.25, 0.3) is 0 Å². The molecule has 0 heterocycles. The molecule has 5 nitrogen and oxygen atoms in total. The first-order valence-corrected chi connectivity index (χ1v) is 5.00. The Balaban J connectivity index is 2.63. The first kappa shape index (κ1) is 12.3. The Labute approximate surface area is 97.9 Å². The van der Waals surface area contributed by atoms with Gasteiger partial charge in [-0.1, -0.05) is 12.2 Å². The maximum absolute atomic E-state index is 11.5. The number of phenols is 2. The third-order valence-corrected chi connectivity index (χ3v) is 2.09. The summed E-state index contributed by atoms with van der Waals surface area (Å²) < 4.78 is 0. The van der Waals surface area contributed by atoms with E-state index in [-0.39, 0.29) is 17.1 Å². The Morgan fingerprint density at radius 1 is 1.44 bits per heavy atom. The average molecular weight is 240 g/mol. The van der Waals surface area contributed by atoms with Crippen LogP contribution in [0.4, 0.5) is 0 Å². The number of carbonyl (C=O) groups excluding carboxylic acids is 1. The second-order valence-corrected chi connectivity index (χ2v) is 3.70. The van der Waals surface area contributed by atoms with Crippen molar-refractivity contribution in [3.63, 3.8) is 0 Å². The van der Waals surface area contributed by atoms with Crippen molar-refractivity contribution in [2.75, 3.05) is 6.54 Å². The van der Waals surface area contributed by atoms with Crippen molar-refractivity contribution < 1.29 is 15.0 Å². The fraction of sp³-hybridized carbons (Fsp3) is 0.200. The van der Waals surface area contributed by atoms with E-state index in [2.05, 4.69) is 17.5 Å². The lowest BCUT2D eigenvalue weighted by atomic mass is 10.2. The van der Waals surface area contributed by atoms with Gasteiger partial charge in [0.05, 0.1) is 10.6 Å². The molecule has 1 aromatic rings. The summed E-state index contributed by atoms with van der Waals surface area (Å²) >= 11 is 4.65. The highest BCUT2D eigenvalue weighted by Crippen LogP contribution is 2.22. The number of nitrogens with one attached hydrogen (secondary N) is 1. The summed E-state index contributed by atoms with van der Waals surface area (Å²) in [6.07, 6.45) is 0.403. The lowest BCUT2D eigenvalue weighted by Crippen LogP contribution is -2.27. The zero-order valence-electron chi connectivity index (χ0n) is 8.43. The topological polar surface area (TPSA) is 95.6 Å². The molecule has 0 spiro atoms. The summed E-state index contributed by atoms with van der Waals surface area (Å²) in [5.74, 6) is -0.807. The summed E-state index contributed by atoms with van der Waals surface area (Å²) in [4.78, 5) is 11.8. The van der Waals surface area contributed by atoms with Gasteiger partial charge in [-0.05, 0) is 12.1 Å². The van der Waals surface area contributed by atoms with Crippen LogP contribution in [0.2, 0.25) is 0 Å². The number of phenolic OH excluding ortho intramolecular Hbond substituents is 2. The van der Waals surface area contributed by atoms with Crippen molar-refractivity contribution >= 4 is 23.1 Å². The van der Waals surface area contributed by atoms with E-state index in [0.29, 0.717) is 18.0 Å². The molecule has 0 radical (unpaired) electrons. The van der Waals surface area contributed by atoms with Crippen molar-refractivity contribution in [3.05, 3.63) is 23.8 Å². The van der Waals surface area contributed by atoms with Crippen LogP contribution in [-0.4, -0.2) is 27.7 Å². The van der Waals surface area contributed by atoms with Gasteiger partial charge in [0.15, 0.2) is 0 Å². The number of nitrogens with two attached hydrogens (primary N) is 1. The van der Waals surface area contributed by atoms with Gasteiger partial charge in [-0.25, -0.2) is 0 Å². The Bertz CT molecular complexity index is 421.